The van der Waals surface area contributed by atoms with Crippen LogP contribution in [-0.4, -0.2) is 17.5 Å². The van der Waals surface area contributed by atoms with Crippen LogP contribution < -0.4 is 20.2 Å². The van der Waals surface area contributed by atoms with Gasteiger partial charge in [-0.25, -0.2) is 5.43 Å². The molecule has 0 saturated heterocycles. The fourth-order valence-corrected chi connectivity index (χ4v) is 6.02. The molecule has 0 bridgehead atoms. The zero-order valence-corrected chi connectivity index (χ0v) is 17.4. The van der Waals surface area contributed by atoms with Crippen molar-refractivity contribution in [2.24, 2.45) is 5.10 Å². The lowest BCUT2D eigenvalue weighted by Gasteiger charge is -2.33. The van der Waals surface area contributed by atoms with Gasteiger partial charge in [-0.15, -0.1) is 0 Å². The number of nitrogens with zero attached hydrogens (tertiary/aromatic N) is 2. The average molecular weight is 413 g/mol. The van der Waals surface area contributed by atoms with Crippen molar-refractivity contribution < 1.29 is 9.53 Å². The molecule has 28 heavy (non-hydrogen) atoms. The number of pyridine rings is 1. The lowest BCUT2D eigenvalue weighted by atomic mass is 9.90. The first-order chi connectivity index (χ1) is 13.5. The molecule has 0 spiro atoms. The van der Waals surface area contributed by atoms with Crippen LogP contribution in [0.4, 0.5) is 5.69 Å². The molecule has 0 atom stereocenters. The van der Waals surface area contributed by atoms with Crippen molar-refractivity contribution in [2.75, 3.05) is 11.9 Å². The second-order valence-corrected chi connectivity index (χ2v) is 8.99. The van der Waals surface area contributed by atoms with Crippen molar-refractivity contribution in [2.45, 2.75) is 26.3 Å². The highest BCUT2D eigenvalue weighted by Gasteiger charge is 2.33. The summed E-state index contributed by atoms with van der Waals surface area (Å²) in [6, 6.07) is 9.46. The summed E-state index contributed by atoms with van der Waals surface area (Å²) in [5.41, 5.74) is 6.02. The van der Waals surface area contributed by atoms with Gasteiger partial charge in [-0.3, -0.25) is 9.78 Å². The Labute approximate surface area is 170 Å². The summed E-state index contributed by atoms with van der Waals surface area (Å²) in [7, 11) is 3.22. The number of carbonyl (C=O) groups excluding carboxylic acids is 1. The van der Waals surface area contributed by atoms with E-state index in [0.29, 0.717) is 12.2 Å². The van der Waals surface area contributed by atoms with E-state index in [0.717, 1.165) is 27.2 Å². The van der Waals surface area contributed by atoms with Crippen molar-refractivity contribution >= 4 is 32.3 Å². The van der Waals surface area contributed by atoms with Crippen LogP contribution in [0.1, 0.15) is 36.0 Å². The van der Waals surface area contributed by atoms with Gasteiger partial charge in [-0.1, -0.05) is 20.7 Å². The summed E-state index contributed by atoms with van der Waals surface area (Å²) in [5.74, 6) is 0.534. The molecule has 2 N–H and O–H groups in total. The van der Waals surface area contributed by atoms with Crippen LogP contribution in [0.2, 0.25) is 0 Å². The summed E-state index contributed by atoms with van der Waals surface area (Å²) in [5, 5.41) is 8.02. The maximum absolute atomic E-state index is 12.4. The minimum atomic E-state index is -0.281. The van der Waals surface area contributed by atoms with Crippen molar-refractivity contribution in [3.05, 3.63) is 57.8 Å². The van der Waals surface area contributed by atoms with Crippen molar-refractivity contribution in [1.29, 1.82) is 0 Å². The van der Waals surface area contributed by atoms with Crippen LogP contribution in [-0.2, 0) is 5.54 Å². The number of nitrogens with one attached hydrogen (secondary N) is 2. The van der Waals surface area contributed by atoms with E-state index >= 15 is 0 Å². The predicted molar refractivity (Wildman–Crippen MR) is 113 cm³/mol. The SMILES string of the molecule is CCOc1ccc2c(c1)-c1c(ss/c1=N/NC(=O)c1cccnc1)C(C)(C)N2. The second kappa shape index (κ2) is 7.37. The highest BCUT2D eigenvalue weighted by Crippen LogP contribution is 2.46. The normalized spacial score (nSPS) is 14.6. The number of amides is 1. The lowest BCUT2D eigenvalue weighted by molar-refractivity contribution is 0.0953. The quantitative estimate of drug-likeness (QED) is 0.498. The van der Waals surface area contributed by atoms with Crippen LogP contribution >= 0.6 is 20.7 Å². The molecule has 1 aromatic carbocycles. The molecule has 0 saturated carbocycles. The van der Waals surface area contributed by atoms with Crippen LogP contribution in [0, 0.1) is 0 Å². The standard InChI is InChI=1S/C20H20N4O2S2/c1-4-26-13-7-8-15-14(10-13)16-17(20(2,3)22-15)27-28-19(16)24-23-18(25)12-6-5-9-21-11-12/h5-11,22H,4H2,1-3H3,(H,23,25)/b24-19+. The number of rotatable bonds is 4. The summed E-state index contributed by atoms with van der Waals surface area (Å²) in [6.07, 6.45) is 3.15. The first-order valence-electron chi connectivity index (χ1n) is 8.92. The molecular weight excluding hydrogens is 392 g/mol. The molecule has 144 valence electrons. The van der Waals surface area contributed by atoms with Crippen molar-refractivity contribution in [3.8, 4) is 16.9 Å². The van der Waals surface area contributed by atoms with E-state index in [2.05, 4.69) is 34.7 Å². The summed E-state index contributed by atoms with van der Waals surface area (Å²) >= 11 is 0. The highest BCUT2D eigenvalue weighted by molar-refractivity contribution is 7.68. The Kier molecular flexibility index (Phi) is 4.91. The molecule has 6 nitrogen and oxygen atoms in total. The number of carbonyl (C=O) groups is 1. The molecule has 1 aliphatic heterocycles. The van der Waals surface area contributed by atoms with Crippen LogP contribution in [0.15, 0.2) is 47.8 Å². The molecule has 8 heteroatoms. The average Bonchev–Trinajstić information content (AvgIpc) is 3.13. The molecule has 1 amide bonds. The van der Waals surface area contributed by atoms with Gasteiger partial charge in [0, 0.05) is 29.2 Å². The largest absolute Gasteiger partial charge is 0.494 e. The summed E-state index contributed by atoms with van der Waals surface area (Å²) < 4.78 is 6.46. The molecule has 0 unspecified atom stereocenters. The highest BCUT2D eigenvalue weighted by atomic mass is 32.9. The second-order valence-electron chi connectivity index (χ2n) is 6.86. The monoisotopic (exact) mass is 412 g/mol. The molecule has 0 radical (unpaired) electrons. The molecule has 3 heterocycles. The van der Waals surface area contributed by atoms with Crippen LogP contribution in [0.3, 0.4) is 0 Å². The maximum atomic E-state index is 12.4. The Morgan fingerprint density at radius 2 is 2.18 bits per heavy atom. The topological polar surface area (TPSA) is 75.6 Å². The van der Waals surface area contributed by atoms with E-state index in [9.17, 15) is 4.79 Å². The number of fused-ring (bicyclic) bond motifs is 3. The van der Waals surface area contributed by atoms with Gasteiger partial charge in [0.15, 0.2) is 4.67 Å². The van der Waals surface area contributed by atoms with Gasteiger partial charge in [0.1, 0.15) is 5.75 Å². The first kappa shape index (κ1) is 18.6. The van der Waals surface area contributed by atoms with E-state index in [4.69, 9.17) is 4.74 Å². The number of benzene rings is 1. The van der Waals surface area contributed by atoms with Gasteiger partial charge in [0.2, 0.25) is 0 Å². The molecule has 1 aliphatic rings. The van der Waals surface area contributed by atoms with Gasteiger partial charge in [0.25, 0.3) is 5.91 Å². The first-order valence-corrected chi connectivity index (χ1v) is 11.1. The van der Waals surface area contributed by atoms with Gasteiger partial charge in [0.05, 0.1) is 22.6 Å². The minimum absolute atomic E-state index is 0.224. The number of hydrogen-bond acceptors (Lipinski definition) is 7. The molecular formula is C20H20N4O2S2. The third kappa shape index (κ3) is 3.41. The zero-order valence-electron chi connectivity index (χ0n) is 15.8. The Bertz CT molecular complexity index is 1090. The van der Waals surface area contributed by atoms with E-state index in [1.165, 1.54) is 11.1 Å². The lowest BCUT2D eigenvalue weighted by Crippen LogP contribution is -2.32. The Morgan fingerprint density at radius 1 is 1.32 bits per heavy atom. The Morgan fingerprint density at radius 3 is 2.93 bits per heavy atom. The predicted octanol–water partition coefficient (Wildman–Crippen LogP) is 4.18. The smallest absolute Gasteiger partial charge is 0.272 e. The van der Waals surface area contributed by atoms with Gasteiger partial charge >= 0.3 is 0 Å². The summed E-state index contributed by atoms with van der Waals surface area (Å²) in [6.45, 7) is 6.86. The molecule has 0 fully saturated rings. The Balaban J connectivity index is 1.77. The third-order valence-corrected chi connectivity index (χ3v) is 7.06. The molecule has 4 rings (SSSR count). The van der Waals surface area contributed by atoms with Crippen molar-refractivity contribution in [1.82, 2.24) is 10.4 Å². The molecule has 0 aliphatic carbocycles. The fourth-order valence-electron chi connectivity index (χ4n) is 3.14. The van der Waals surface area contributed by atoms with E-state index in [1.54, 1.807) is 39.0 Å². The Hall–Kier alpha value is -2.71. The van der Waals surface area contributed by atoms with E-state index < -0.39 is 0 Å². The minimum Gasteiger partial charge on any atom is -0.494 e. The maximum Gasteiger partial charge on any atom is 0.272 e. The number of anilines is 1. The van der Waals surface area contributed by atoms with Gasteiger partial charge < -0.3 is 10.1 Å². The number of aromatic nitrogens is 1. The number of ether oxygens (including phenoxy) is 1. The zero-order chi connectivity index (χ0) is 19.7. The van der Waals surface area contributed by atoms with Crippen LogP contribution in [0.25, 0.3) is 11.1 Å². The third-order valence-electron chi connectivity index (χ3n) is 4.41. The molecule has 3 aromatic rings. The summed E-state index contributed by atoms with van der Waals surface area (Å²) in [4.78, 5) is 17.5. The van der Waals surface area contributed by atoms with Gasteiger partial charge in [-0.2, -0.15) is 5.10 Å². The fraction of sp³-hybridized carbons (Fsp3) is 0.250. The van der Waals surface area contributed by atoms with E-state index in [1.807, 2.05) is 25.1 Å². The van der Waals surface area contributed by atoms with Crippen LogP contribution in [0.5, 0.6) is 5.75 Å². The molecule has 2 aromatic heterocycles. The van der Waals surface area contributed by atoms with Gasteiger partial charge in [-0.05, 0) is 51.1 Å². The van der Waals surface area contributed by atoms with E-state index in [-0.39, 0.29) is 11.4 Å². The van der Waals surface area contributed by atoms with Crippen molar-refractivity contribution in [3.63, 3.8) is 0 Å². The number of hydrogen-bond donors (Lipinski definition) is 2.